The van der Waals surface area contributed by atoms with Crippen LogP contribution in [0.2, 0.25) is 0 Å². The van der Waals surface area contributed by atoms with E-state index >= 15 is 0 Å². The summed E-state index contributed by atoms with van der Waals surface area (Å²) >= 11 is 1.31. The Balaban J connectivity index is 2.71. The average Bonchev–Trinajstić information content (AvgIpc) is 2.63. The topological polar surface area (TPSA) is 86.7 Å². The van der Waals surface area contributed by atoms with E-state index in [0.717, 1.165) is 4.31 Å². The second-order valence-electron chi connectivity index (χ2n) is 3.99. The summed E-state index contributed by atoms with van der Waals surface area (Å²) in [7, 11) is -3.67. The van der Waals surface area contributed by atoms with Gasteiger partial charge in [0.2, 0.25) is 0 Å². The van der Waals surface area contributed by atoms with Crippen LogP contribution in [-0.2, 0) is 15.0 Å². The number of hydrogen-bond acceptors (Lipinski definition) is 4. The van der Waals surface area contributed by atoms with Crippen LogP contribution < -0.4 is 4.72 Å². The summed E-state index contributed by atoms with van der Waals surface area (Å²) in [6, 6.07) is -0.949. The van der Waals surface area contributed by atoms with Gasteiger partial charge in [-0.25, -0.2) is 4.72 Å². The zero-order valence-electron chi connectivity index (χ0n) is 9.21. The minimum Gasteiger partial charge on any atom is -0.480 e. The van der Waals surface area contributed by atoms with Gasteiger partial charge in [0.1, 0.15) is 6.04 Å². The lowest BCUT2D eigenvalue weighted by molar-refractivity contribution is -0.140. The summed E-state index contributed by atoms with van der Waals surface area (Å²) in [5, 5.41) is 8.88. The van der Waals surface area contributed by atoms with Gasteiger partial charge in [-0.2, -0.15) is 12.7 Å². The van der Waals surface area contributed by atoms with Crippen molar-refractivity contribution in [1.29, 1.82) is 0 Å². The van der Waals surface area contributed by atoms with Gasteiger partial charge in [-0.15, -0.1) is 11.8 Å². The molecule has 1 aliphatic rings. The number of nitrogens with one attached hydrogen (secondary N) is 1. The average molecular weight is 268 g/mol. The third-order valence-electron chi connectivity index (χ3n) is 2.11. The minimum atomic E-state index is -3.67. The molecule has 0 saturated carbocycles. The number of thioether (sulfide) groups is 1. The van der Waals surface area contributed by atoms with Crippen LogP contribution in [0.3, 0.4) is 0 Å². The fraction of sp³-hybridized carbons (Fsp3) is 0.875. The highest BCUT2D eigenvalue weighted by molar-refractivity contribution is 8.00. The van der Waals surface area contributed by atoms with Crippen LogP contribution in [0, 0.1) is 5.92 Å². The highest BCUT2D eigenvalue weighted by atomic mass is 32.2. The maximum atomic E-state index is 11.8. The third kappa shape index (κ3) is 3.34. The van der Waals surface area contributed by atoms with Gasteiger partial charge in [0, 0.05) is 12.3 Å². The summed E-state index contributed by atoms with van der Waals surface area (Å²) in [6.07, 6.45) is 0. The molecule has 1 aliphatic heterocycles. The van der Waals surface area contributed by atoms with Gasteiger partial charge in [0.05, 0.1) is 5.88 Å². The number of carboxylic acids is 1. The molecule has 6 nitrogen and oxygen atoms in total. The largest absolute Gasteiger partial charge is 0.480 e. The van der Waals surface area contributed by atoms with Crippen molar-refractivity contribution < 1.29 is 18.3 Å². The van der Waals surface area contributed by atoms with Gasteiger partial charge >= 0.3 is 5.97 Å². The van der Waals surface area contributed by atoms with Crippen LogP contribution in [0.4, 0.5) is 0 Å². The van der Waals surface area contributed by atoms with E-state index in [2.05, 4.69) is 4.72 Å². The van der Waals surface area contributed by atoms with Gasteiger partial charge in [-0.3, -0.25) is 4.79 Å². The van der Waals surface area contributed by atoms with Crippen molar-refractivity contribution >= 4 is 27.9 Å². The highest BCUT2D eigenvalue weighted by Gasteiger charge is 2.39. The van der Waals surface area contributed by atoms with E-state index in [0.29, 0.717) is 12.3 Å². The molecule has 1 fully saturated rings. The molecule has 1 atom stereocenters. The normalized spacial score (nSPS) is 22.8. The number of carbonyl (C=O) groups is 1. The van der Waals surface area contributed by atoms with Gasteiger partial charge in [-0.05, 0) is 5.92 Å². The Morgan fingerprint density at radius 1 is 1.62 bits per heavy atom. The molecule has 1 saturated heterocycles. The van der Waals surface area contributed by atoms with Crippen LogP contribution in [-0.4, -0.2) is 48.0 Å². The van der Waals surface area contributed by atoms with E-state index < -0.39 is 22.2 Å². The quantitative estimate of drug-likeness (QED) is 0.729. The SMILES string of the molecule is CC(C)CNS(=O)(=O)N1CSCC1C(=O)O. The number of nitrogens with zero attached hydrogens (tertiary/aromatic N) is 1. The molecule has 16 heavy (non-hydrogen) atoms. The van der Waals surface area contributed by atoms with Crippen LogP contribution in [0.5, 0.6) is 0 Å². The Hall–Kier alpha value is -0.310. The van der Waals surface area contributed by atoms with Crippen molar-refractivity contribution in [2.24, 2.45) is 5.92 Å². The van der Waals surface area contributed by atoms with Crippen molar-refractivity contribution in [2.45, 2.75) is 19.9 Å². The molecule has 0 aliphatic carbocycles. The smallest absolute Gasteiger partial charge is 0.322 e. The molecular weight excluding hydrogens is 252 g/mol. The summed E-state index contributed by atoms with van der Waals surface area (Å²) in [6.45, 7) is 4.09. The number of carboxylic acid groups (broad SMARTS) is 1. The van der Waals surface area contributed by atoms with E-state index in [1.807, 2.05) is 13.8 Å². The fourth-order valence-corrected chi connectivity index (χ4v) is 4.31. The van der Waals surface area contributed by atoms with Crippen LogP contribution in [0.25, 0.3) is 0 Å². The lowest BCUT2D eigenvalue weighted by Crippen LogP contribution is -2.48. The van der Waals surface area contributed by atoms with E-state index in [-0.39, 0.29) is 11.8 Å². The molecule has 0 aromatic rings. The molecule has 2 N–H and O–H groups in total. The van der Waals surface area contributed by atoms with Crippen molar-refractivity contribution in [3.63, 3.8) is 0 Å². The Kier molecular flexibility index (Phi) is 4.60. The number of aliphatic carboxylic acids is 1. The van der Waals surface area contributed by atoms with Gasteiger partial charge in [0.25, 0.3) is 10.2 Å². The third-order valence-corrected chi connectivity index (χ3v) is 4.82. The summed E-state index contributed by atoms with van der Waals surface area (Å²) in [5.74, 6) is -0.407. The Morgan fingerprint density at radius 3 is 2.75 bits per heavy atom. The first kappa shape index (κ1) is 13.8. The molecule has 1 rings (SSSR count). The van der Waals surface area contributed by atoms with Gasteiger partial charge in [0.15, 0.2) is 0 Å². The first-order valence-corrected chi connectivity index (χ1v) is 7.51. The molecular formula is C8H16N2O4S2. The minimum absolute atomic E-state index is 0.188. The van der Waals surface area contributed by atoms with Crippen LogP contribution >= 0.6 is 11.8 Å². The molecule has 0 radical (unpaired) electrons. The maximum Gasteiger partial charge on any atom is 0.322 e. The Labute approximate surface area is 99.6 Å². The lowest BCUT2D eigenvalue weighted by Gasteiger charge is -2.20. The van der Waals surface area contributed by atoms with Crippen molar-refractivity contribution in [1.82, 2.24) is 9.03 Å². The van der Waals surface area contributed by atoms with Crippen LogP contribution in [0.1, 0.15) is 13.8 Å². The summed E-state index contributed by atoms with van der Waals surface area (Å²) < 4.78 is 27.0. The van der Waals surface area contributed by atoms with Gasteiger partial charge in [-0.1, -0.05) is 13.8 Å². The van der Waals surface area contributed by atoms with Crippen LogP contribution in [0.15, 0.2) is 0 Å². The second-order valence-corrected chi connectivity index (χ2v) is 6.70. The molecule has 1 heterocycles. The molecule has 0 bridgehead atoms. The second kappa shape index (κ2) is 5.35. The molecule has 0 aromatic heterocycles. The Bertz CT molecular complexity index is 355. The van der Waals surface area contributed by atoms with Crippen molar-refractivity contribution in [2.75, 3.05) is 18.2 Å². The summed E-state index contributed by atoms with van der Waals surface area (Å²) in [5.41, 5.74) is 0. The molecule has 0 aromatic carbocycles. The van der Waals surface area contributed by atoms with E-state index in [4.69, 9.17) is 5.11 Å². The zero-order valence-corrected chi connectivity index (χ0v) is 10.8. The number of rotatable bonds is 5. The fourth-order valence-electron chi connectivity index (χ4n) is 1.21. The lowest BCUT2D eigenvalue weighted by atomic mass is 10.2. The van der Waals surface area contributed by atoms with E-state index in [1.165, 1.54) is 11.8 Å². The predicted octanol–water partition coefficient (Wildman–Crippen LogP) is -0.0637. The highest BCUT2D eigenvalue weighted by Crippen LogP contribution is 2.23. The predicted molar refractivity (Wildman–Crippen MR) is 62.3 cm³/mol. The monoisotopic (exact) mass is 268 g/mol. The molecule has 8 heteroatoms. The molecule has 0 spiro atoms. The molecule has 0 amide bonds. The van der Waals surface area contributed by atoms with Gasteiger partial charge < -0.3 is 5.11 Å². The molecule has 94 valence electrons. The van der Waals surface area contributed by atoms with Crippen molar-refractivity contribution in [3.05, 3.63) is 0 Å². The van der Waals surface area contributed by atoms with E-state index in [9.17, 15) is 13.2 Å². The van der Waals surface area contributed by atoms with E-state index in [1.54, 1.807) is 0 Å². The standard InChI is InChI=1S/C8H16N2O4S2/c1-6(2)3-9-16(13,14)10-5-15-4-7(10)8(11)12/h6-7,9H,3-5H2,1-2H3,(H,11,12). The Morgan fingerprint density at radius 2 is 2.25 bits per heavy atom. The number of hydrogen-bond donors (Lipinski definition) is 2. The summed E-state index contributed by atoms with van der Waals surface area (Å²) in [4.78, 5) is 10.8. The zero-order chi connectivity index (χ0) is 12.3. The molecule has 1 unspecified atom stereocenters. The first-order valence-electron chi connectivity index (χ1n) is 4.91. The van der Waals surface area contributed by atoms with Crippen molar-refractivity contribution in [3.8, 4) is 0 Å². The maximum absolute atomic E-state index is 11.8. The first-order chi connectivity index (χ1) is 7.34.